The topological polar surface area (TPSA) is 67.1 Å². The predicted molar refractivity (Wildman–Crippen MR) is 70.6 cm³/mol. The molecule has 2 aromatic heterocycles. The molecule has 0 atom stereocenters. The molecule has 6 nitrogen and oxygen atoms in total. The second-order valence-corrected chi connectivity index (χ2v) is 4.66. The van der Waals surface area contributed by atoms with Crippen molar-refractivity contribution in [2.24, 2.45) is 0 Å². The summed E-state index contributed by atoms with van der Waals surface area (Å²) in [5, 5.41) is 13.3. The summed E-state index contributed by atoms with van der Waals surface area (Å²) in [5.41, 5.74) is 3.49. The van der Waals surface area contributed by atoms with Gasteiger partial charge >= 0.3 is 0 Å². The number of aliphatic hydroxyl groups excluding tert-OH is 1. The molecule has 0 amide bonds. The van der Waals surface area contributed by atoms with E-state index in [0.29, 0.717) is 6.54 Å². The highest BCUT2D eigenvalue weighted by molar-refractivity contribution is 5.40. The quantitative estimate of drug-likeness (QED) is 0.877. The molecule has 3 heterocycles. The Morgan fingerprint density at radius 1 is 1.21 bits per heavy atom. The summed E-state index contributed by atoms with van der Waals surface area (Å²) in [5.74, 6) is 0.754. The van der Waals surface area contributed by atoms with E-state index in [-0.39, 0.29) is 6.61 Å². The van der Waals surface area contributed by atoms with E-state index in [1.807, 2.05) is 23.3 Å². The van der Waals surface area contributed by atoms with E-state index in [1.54, 1.807) is 0 Å². The third-order valence-electron chi connectivity index (χ3n) is 3.43. The van der Waals surface area contributed by atoms with Gasteiger partial charge < -0.3 is 10.0 Å². The average molecular weight is 259 g/mol. The number of aromatic nitrogens is 4. The van der Waals surface area contributed by atoms with E-state index in [9.17, 15) is 0 Å². The summed E-state index contributed by atoms with van der Waals surface area (Å²) >= 11 is 0. The number of fused-ring (bicyclic) bond motifs is 1. The van der Waals surface area contributed by atoms with Gasteiger partial charge in [-0.3, -0.25) is 4.68 Å². The van der Waals surface area contributed by atoms with Crippen LogP contribution in [0.4, 0.5) is 5.95 Å². The van der Waals surface area contributed by atoms with Crippen LogP contribution in [0.5, 0.6) is 0 Å². The zero-order chi connectivity index (χ0) is 13.2. The van der Waals surface area contributed by atoms with E-state index in [2.05, 4.69) is 26.9 Å². The Hall–Kier alpha value is -1.95. The molecule has 1 aliphatic rings. The molecule has 0 aliphatic carbocycles. The molecule has 1 aliphatic heterocycles. The second-order valence-electron chi connectivity index (χ2n) is 4.66. The van der Waals surface area contributed by atoms with Crippen LogP contribution in [-0.2, 0) is 26.1 Å². The van der Waals surface area contributed by atoms with Gasteiger partial charge in [-0.15, -0.1) is 0 Å². The first-order valence-electron chi connectivity index (χ1n) is 6.52. The lowest BCUT2D eigenvalue weighted by atomic mass is 10.3. The summed E-state index contributed by atoms with van der Waals surface area (Å²) < 4.78 is 1.86. The van der Waals surface area contributed by atoms with E-state index < -0.39 is 0 Å². The SMILES string of the molecule is CCc1cnc(N2Cc3cnn(CCO)c3C2)nc1. The average Bonchev–Trinajstić information content (AvgIpc) is 3.01. The van der Waals surface area contributed by atoms with Gasteiger partial charge in [0, 0.05) is 24.5 Å². The maximum absolute atomic E-state index is 9.01. The maximum Gasteiger partial charge on any atom is 0.225 e. The number of aliphatic hydroxyl groups is 1. The monoisotopic (exact) mass is 259 g/mol. The van der Waals surface area contributed by atoms with Gasteiger partial charge in [-0.2, -0.15) is 5.10 Å². The Kier molecular flexibility index (Phi) is 3.16. The van der Waals surface area contributed by atoms with Gasteiger partial charge in [0.1, 0.15) is 0 Å². The first kappa shape index (κ1) is 12.1. The summed E-state index contributed by atoms with van der Waals surface area (Å²) in [7, 11) is 0. The molecule has 1 N–H and O–H groups in total. The van der Waals surface area contributed by atoms with Crippen LogP contribution in [0.3, 0.4) is 0 Å². The molecular weight excluding hydrogens is 242 g/mol. The summed E-state index contributed by atoms with van der Waals surface area (Å²) in [6.45, 7) is 4.27. The standard InChI is InChI=1S/C13H17N5O/c1-2-10-5-14-13(15-6-10)17-8-11-7-16-18(3-4-19)12(11)9-17/h5-7,19H,2-4,8-9H2,1H3. The molecule has 0 unspecified atom stereocenters. The molecule has 2 aromatic rings. The number of nitrogens with zero attached hydrogens (tertiary/aromatic N) is 5. The Balaban J connectivity index is 1.78. The van der Waals surface area contributed by atoms with Crippen LogP contribution in [0.1, 0.15) is 23.7 Å². The maximum atomic E-state index is 9.01. The minimum Gasteiger partial charge on any atom is -0.394 e. The van der Waals surface area contributed by atoms with Crippen LogP contribution in [0.2, 0.25) is 0 Å². The van der Waals surface area contributed by atoms with Gasteiger partial charge in [-0.1, -0.05) is 6.92 Å². The van der Waals surface area contributed by atoms with Crippen LogP contribution in [0.25, 0.3) is 0 Å². The van der Waals surface area contributed by atoms with Gasteiger partial charge in [0.05, 0.1) is 31.6 Å². The lowest BCUT2D eigenvalue weighted by molar-refractivity contribution is 0.267. The third-order valence-corrected chi connectivity index (χ3v) is 3.43. The molecule has 3 rings (SSSR count). The number of hydrogen-bond acceptors (Lipinski definition) is 5. The lowest BCUT2D eigenvalue weighted by Crippen LogP contribution is -2.19. The second kappa shape index (κ2) is 4.97. The van der Waals surface area contributed by atoms with Crippen molar-refractivity contribution in [2.75, 3.05) is 11.5 Å². The van der Waals surface area contributed by atoms with Gasteiger partial charge in [0.15, 0.2) is 0 Å². The molecule has 0 spiro atoms. The van der Waals surface area contributed by atoms with Gasteiger partial charge in [-0.25, -0.2) is 9.97 Å². The zero-order valence-electron chi connectivity index (χ0n) is 11.0. The predicted octanol–water partition coefficient (Wildman–Crippen LogP) is 0.748. The van der Waals surface area contributed by atoms with Crippen molar-refractivity contribution in [3.05, 3.63) is 35.4 Å². The summed E-state index contributed by atoms with van der Waals surface area (Å²) in [6.07, 6.45) is 6.58. The molecule has 0 aromatic carbocycles. The fourth-order valence-corrected chi connectivity index (χ4v) is 2.33. The summed E-state index contributed by atoms with van der Waals surface area (Å²) in [6, 6.07) is 0. The Morgan fingerprint density at radius 2 is 2.00 bits per heavy atom. The highest BCUT2D eigenvalue weighted by Gasteiger charge is 2.25. The van der Waals surface area contributed by atoms with Gasteiger partial charge in [-0.05, 0) is 12.0 Å². The molecule has 0 radical (unpaired) electrons. The van der Waals surface area contributed by atoms with Crippen molar-refractivity contribution in [2.45, 2.75) is 33.0 Å². The molecule has 0 saturated carbocycles. The van der Waals surface area contributed by atoms with Crippen molar-refractivity contribution >= 4 is 5.95 Å². The molecule has 0 fully saturated rings. The number of anilines is 1. The molecular formula is C13H17N5O. The molecule has 100 valence electrons. The minimum absolute atomic E-state index is 0.107. The Labute approximate surface area is 111 Å². The van der Waals surface area contributed by atoms with Gasteiger partial charge in [0.25, 0.3) is 0 Å². The highest BCUT2D eigenvalue weighted by atomic mass is 16.3. The van der Waals surface area contributed by atoms with E-state index in [1.165, 1.54) is 5.56 Å². The van der Waals surface area contributed by atoms with Crippen LogP contribution in [0, 0.1) is 0 Å². The van der Waals surface area contributed by atoms with Crippen LogP contribution >= 0.6 is 0 Å². The highest BCUT2D eigenvalue weighted by Crippen LogP contribution is 2.25. The number of rotatable bonds is 4. The normalized spacial score (nSPS) is 13.9. The largest absolute Gasteiger partial charge is 0.394 e. The Morgan fingerprint density at radius 3 is 2.68 bits per heavy atom. The van der Waals surface area contributed by atoms with E-state index in [0.717, 1.165) is 36.7 Å². The van der Waals surface area contributed by atoms with Crippen LogP contribution in [0.15, 0.2) is 18.6 Å². The fourth-order valence-electron chi connectivity index (χ4n) is 2.33. The number of aryl methyl sites for hydroxylation is 1. The van der Waals surface area contributed by atoms with E-state index >= 15 is 0 Å². The van der Waals surface area contributed by atoms with Gasteiger partial charge in [0.2, 0.25) is 5.95 Å². The summed E-state index contributed by atoms with van der Waals surface area (Å²) in [4.78, 5) is 10.9. The molecule has 0 bridgehead atoms. The smallest absolute Gasteiger partial charge is 0.225 e. The third kappa shape index (κ3) is 2.19. The van der Waals surface area contributed by atoms with Crippen molar-refractivity contribution in [3.8, 4) is 0 Å². The first-order valence-corrected chi connectivity index (χ1v) is 6.52. The van der Waals surface area contributed by atoms with Crippen LogP contribution < -0.4 is 4.90 Å². The molecule has 6 heteroatoms. The van der Waals surface area contributed by atoms with Crippen molar-refractivity contribution < 1.29 is 5.11 Å². The van der Waals surface area contributed by atoms with Crippen molar-refractivity contribution in [1.29, 1.82) is 0 Å². The zero-order valence-corrected chi connectivity index (χ0v) is 11.0. The molecule has 19 heavy (non-hydrogen) atoms. The van der Waals surface area contributed by atoms with Crippen molar-refractivity contribution in [1.82, 2.24) is 19.7 Å². The Bertz CT molecular complexity index is 563. The fraction of sp³-hybridized carbons (Fsp3) is 0.462. The lowest BCUT2D eigenvalue weighted by Gasteiger charge is -2.15. The molecule has 0 saturated heterocycles. The minimum atomic E-state index is 0.107. The van der Waals surface area contributed by atoms with E-state index in [4.69, 9.17) is 5.11 Å². The van der Waals surface area contributed by atoms with Crippen LogP contribution in [-0.4, -0.2) is 31.5 Å². The number of hydrogen-bond donors (Lipinski definition) is 1. The first-order chi connectivity index (χ1) is 9.31. The van der Waals surface area contributed by atoms with Crippen molar-refractivity contribution in [3.63, 3.8) is 0 Å².